The molecule has 0 aromatic rings. The molecule has 0 amide bonds. The third-order valence-corrected chi connectivity index (χ3v) is 1.73. The molecule has 1 saturated heterocycles. The molecule has 0 aromatic heterocycles. The molecule has 10 heavy (non-hydrogen) atoms. The summed E-state index contributed by atoms with van der Waals surface area (Å²) in [7, 11) is 0. The highest BCUT2D eigenvalue weighted by Gasteiger charge is 2.28. The summed E-state index contributed by atoms with van der Waals surface area (Å²) in [6, 6.07) is 0. The van der Waals surface area contributed by atoms with E-state index in [9.17, 15) is 5.11 Å². The largest absolute Gasteiger partial charge is 0.386 e. The second-order valence-electron chi connectivity index (χ2n) is 2.76. The molecule has 1 N–H and O–H groups in total. The van der Waals surface area contributed by atoms with E-state index in [2.05, 4.69) is 5.92 Å². The van der Waals surface area contributed by atoms with E-state index in [-0.39, 0.29) is 0 Å². The third kappa shape index (κ3) is 1.73. The van der Waals surface area contributed by atoms with Crippen LogP contribution in [0.3, 0.4) is 0 Å². The minimum absolute atomic E-state index is 0.400. The average Bonchev–Trinajstić information content (AvgIpc) is 1.89. The van der Waals surface area contributed by atoms with Gasteiger partial charge in [0.15, 0.2) is 0 Å². The highest BCUT2D eigenvalue weighted by molar-refractivity contribution is 4.96. The second kappa shape index (κ2) is 3.05. The zero-order valence-electron chi connectivity index (χ0n) is 5.97. The molecule has 1 unspecified atom stereocenters. The topological polar surface area (TPSA) is 29.5 Å². The van der Waals surface area contributed by atoms with Gasteiger partial charge in [-0.05, 0) is 12.8 Å². The monoisotopic (exact) mass is 140 g/mol. The lowest BCUT2D eigenvalue weighted by atomic mass is 9.94. The van der Waals surface area contributed by atoms with Gasteiger partial charge in [0.1, 0.15) is 0 Å². The van der Waals surface area contributed by atoms with Gasteiger partial charge in [-0.15, -0.1) is 12.3 Å². The van der Waals surface area contributed by atoms with Crippen molar-refractivity contribution >= 4 is 0 Å². The molecule has 2 nitrogen and oxygen atoms in total. The predicted octanol–water partition coefficient (Wildman–Crippen LogP) is 0.551. The molecule has 56 valence electrons. The van der Waals surface area contributed by atoms with E-state index in [1.807, 2.05) is 0 Å². The fourth-order valence-corrected chi connectivity index (χ4v) is 1.17. The lowest BCUT2D eigenvalue weighted by molar-refractivity contribution is -0.0816. The first-order valence-corrected chi connectivity index (χ1v) is 3.50. The van der Waals surface area contributed by atoms with Gasteiger partial charge >= 0.3 is 0 Å². The van der Waals surface area contributed by atoms with E-state index in [4.69, 9.17) is 11.2 Å². The quantitative estimate of drug-likeness (QED) is 0.539. The molecular formula is C8H12O2. The van der Waals surface area contributed by atoms with Crippen LogP contribution in [0.2, 0.25) is 0 Å². The van der Waals surface area contributed by atoms with Crippen LogP contribution in [-0.4, -0.2) is 23.9 Å². The van der Waals surface area contributed by atoms with E-state index in [1.165, 1.54) is 0 Å². The number of aliphatic hydroxyl groups is 1. The Balaban J connectivity index is 2.42. The molecule has 0 spiro atoms. The summed E-state index contributed by atoms with van der Waals surface area (Å²) in [6.07, 6.45) is 7.18. The maximum atomic E-state index is 9.60. The summed E-state index contributed by atoms with van der Waals surface area (Å²) in [4.78, 5) is 0. The van der Waals surface area contributed by atoms with Gasteiger partial charge in [0.05, 0.1) is 12.2 Å². The smallest absolute Gasteiger partial charge is 0.0989 e. The first-order chi connectivity index (χ1) is 4.77. The van der Waals surface area contributed by atoms with Crippen LogP contribution >= 0.6 is 0 Å². The number of terminal acetylenes is 1. The van der Waals surface area contributed by atoms with Crippen molar-refractivity contribution in [2.24, 2.45) is 0 Å². The molecule has 1 fully saturated rings. The van der Waals surface area contributed by atoms with Crippen molar-refractivity contribution in [2.75, 3.05) is 13.2 Å². The molecular weight excluding hydrogens is 128 g/mol. The molecule has 0 bridgehead atoms. The Kier molecular flexibility index (Phi) is 2.31. The molecule has 1 heterocycles. The summed E-state index contributed by atoms with van der Waals surface area (Å²) in [5.74, 6) is 2.45. The van der Waals surface area contributed by atoms with Crippen molar-refractivity contribution < 1.29 is 9.84 Å². The maximum Gasteiger partial charge on any atom is 0.0989 e. The highest BCUT2D eigenvalue weighted by Crippen LogP contribution is 2.21. The Hall–Kier alpha value is -0.520. The molecule has 2 heteroatoms. The van der Waals surface area contributed by atoms with E-state index in [1.54, 1.807) is 0 Å². The van der Waals surface area contributed by atoms with Crippen molar-refractivity contribution in [1.82, 2.24) is 0 Å². The van der Waals surface area contributed by atoms with Gasteiger partial charge in [-0.3, -0.25) is 0 Å². The molecule has 1 rings (SSSR count). The average molecular weight is 140 g/mol. The van der Waals surface area contributed by atoms with Crippen LogP contribution < -0.4 is 0 Å². The standard InChI is InChI=1S/C8H12O2/c1-2-4-8(9)5-3-6-10-7-8/h1,9H,3-7H2. The minimum Gasteiger partial charge on any atom is -0.386 e. The van der Waals surface area contributed by atoms with E-state index in [0.29, 0.717) is 13.0 Å². The van der Waals surface area contributed by atoms with Crippen LogP contribution in [0.4, 0.5) is 0 Å². The molecule has 0 saturated carbocycles. The first-order valence-electron chi connectivity index (χ1n) is 3.50. The van der Waals surface area contributed by atoms with Gasteiger partial charge in [-0.25, -0.2) is 0 Å². The van der Waals surface area contributed by atoms with Gasteiger partial charge < -0.3 is 9.84 Å². The number of hydrogen-bond donors (Lipinski definition) is 1. The van der Waals surface area contributed by atoms with E-state index >= 15 is 0 Å². The number of hydrogen-bond acceptors (Lipinski definition) is 2. The van der Waals surface area contributed by atoms with Crippen molar-refractivity contribution in [2.45, 2.75) is 24.9 Å². The van der Waals surface area contributed by atoms with Crippen LogP contribution in [0.25, 0.3) is 0 Å². The van der Waals surface area contributed by atoms with Gasteiger partial charge in [-0.2, -0.15) is 0 Å². The van der Waals surface area contributed by atoms with Crippen LogP contribution in [0.1, 0.15) is 19.3 Å². The Morgan fingerprint density at radius 3 is 3.00 bits per heavy atom. The van der Waals surface area contributed by atoms with Crippen molar-refractivity contribution in [3.05, 3.63) is 0 Å². The summed E-state index contributed by atoms with van der Waals surface area (Å²) in [5.41, 5.74) is -0.729. The fourth-order valence-electron chi connectivity index (χ4n) is 1.17. The van der Waals surface area contributed by atoms with Gasteiger partial charge in [0, 0.05) is 13.0 Å². The SMILES string of the molecule is C#CCC1(O)CCCOC1. The molecule has 0 radical (unpaired) electrons. The van der Waals surface area contributed by atoms with E-state index in [0.717, 1.165) is 19.4 Å². The van der Waals surface area contributed by atoms with Crippen LogP contribution in [-0.2, 0) is 4.74 Å². The summed E-state index contributed by atoms with van der Waals surface area (Å²) < 4.78 is 5.09. The highest BCUT2D eigenvalue weighted by atomic mass is 16.5. The first kappa shape index (κ1) is 7.59. The number of ether oxygens (including phenoxy) is 1. The van der Waals surface area contributed by atoms with Crippen LogP contribution in [0.15, 0.2) is 0 Å². The molecule has 1 atom stereocenters. The zero-order chi connectivity index (χ0) is 7.45. The van der Waals surface area contributed by atoms with Gasteiger partial charge in [-0.1, -0.05) is 0 Å². The lowest BCUT2D eigenvalue weighted by Crippen LogP contribution is -2.37. The van der Waals surface area contributed by atoms with Gasteiger partial charge in [0.25, 0.3) is 0 Å². The Bertz CT molecular complexity index is 140. The normalized spacial score (nSPS) is 33.2. The lowest BCUT2D eigenvalue weighted by Gasteiger charge is -2.29. The van der Waals surface area contributed by atoms with Crippen molar-refractivity contribution in [1.29, 1.82) is 0 Å². The van der Waals surface area contributed by atoms with Crippen molar-refractivity contribution in [3.8, 4) is 12.3 Å². The Morgan fingerprint density at radius 1 is 1.70 bits per heavy atom. The van der Waals surface area contributed by atoms with Crippen LogP contribution in [0.5, 0.6) is 0 Å². The van der Waals surface area contributed by atoms with E-state index < -0.39 is 5.60 Å². The number of rotatable bonds is 1. The molecule has 1 aliphatic rings. The fraction of sp³-hybridized carbons (Fsp3) is 0.750. The second-order valence-corrected chi connectivity index (χ2v) is 2.76. The maximum absolute atomic E-state index is 9.60. The summed E-state index contributed by atoms with van der Waals surface area (Å²) >= 11 is 0. The molecule has 0 aliphatic carbocycles. The molecule has 0 aromatic carbocycles. The zero-order valence-corrected chi connectivity index (χ0v) is 5.97. The summed E-state index contributed by atoms with van der Waals surface area (Å²) in [5, 5.41) is 9.60. The molecule has 1 aliphatic heterocycles. The Morgan fingerprint density at radius 2 is 2.50 bits per heavy atom. The third-order valence-electron chi connectivity index (χ3n) is 1.73. The van der Waals surface area contributed by atoms with Crippen molar-refractivity contribution in [3.63, 3.8) is 0 Å². The van der Waals surface area contributed by atoms with Crippen LogP contribution in [0, 0.1) is 12.3 Å². The van der Waals surface area contributed by atoms with Gasteiger partial charge in [0.2, 0.25) is 0 Å². The summed E-state index contributed by atoms with van der Waals surface area (Å²) in [6.45, 7) is 1.16. The Labute approximate surface area is 61.2 Å². The minimum atomic E-state index is -0.729. The predicted molar refractivity (Wildman–Crippen MR) is 38.5 cm³/mol.